The Labute approximate surface area is 118 Å². The normalized spacial score (nSPS) is 18.1. The van der Waals surface area contributed by atoms with Crippen LogP contribution in [0.15, 0.2) is 24.3 Å². The third kappa shape index (κ3) is 3.50. The van der Waals surface area contributed by atoms with Crippen LogP contribution in [-0.2, 0) is 0 Å². The lowest BCUT2D eigenvalue weighted by molar-refractivity contribution is 0.0697. The second-order valence-electron chi connectivity index (χ2n) is 5.21. The van der Waals surface area contributed by atoms with Crippen LogP contribution in [0.5, 0.6) is 0 Å². The molecular formula is C15H20N2O3. The number of nitrogens with zero attached hydrogens (tertiary/aromatic N) is 1. The second kappa shape index (κ2) is 6.41. The summed E-state index contributed by atoms with van der Waals surface area (Å²) in [5.74, 6) is -0.401. The average molecular weight is 276 g/mol. The fraction of sp³-hybridized carbons (Fsp3) is 0.467. The zero-order valence-electron chi connectivity index (χ0n) is 11.6. The molecule has 108 valence electrons. The topological polar surface area (TPSA) is 69.6 Å². The first-order valence-electron chi connectivity index (χ1n) is 6.99. The molecule has 1 aromatic rings. The molecule has 1 aromatic carbocycles. The summed E-state index contributed by atoms with van der Waals surface area (Å²) in [6.07, 6.45) is 3.34. The Bertz CT molecular complexity index is 502. The largest absolute Gasteiger partial charge is 0.478 e. The number of benzene rings is 1. The highest BCUT2D eigenvalue weighted by atomic mass is 16.4. The third-order valence-corrected chi connectivity index (χ3v) is 3.63. The molecular weight excluding hydrogens is 256 g/mol. The van der Waals surface area contributed by atoms with Gasteiger partial charge in [0.05, 0.1) is 5.56 Å². The highest BCUT2D eigenvalue weighted by Crippen LogP contribution is 2.21. The number of amides is 2. The minimum atomic E-state index is -0.995. The van der Waals surface area contributed by atoms with Gasteiger partial charge in [0.2, 0.25) is 0 Å². The summed E-state index contributed by atoms with van der Waals surface area (Å²) in [6, 6.07) is 6.16. The number of nitrogens with one attached hydrogen (secondary N) is 1. The molecule has 0 aliphatic carbocycles. The van der Waals surface area contributed by atoms with E-state index in [1.807, 2.05) is 0 Å². The van der Waals surface area contributed by atoms with Crippen LogP contribution in [0.25, 0.3) is 0 Å². The molecule has 5 nitrogen and oxygen atoms in total. The SMILES string of the molecule is CCCC1CCN(C(=O)Nc2cccc(C(=O)O)c2)C1. The molecule has 1 saturated heterocycles. The van der Waals surface area contributed by atoms with Crippen LogP contribution in [0.3, 0.4) is 0 Å². The molecule has 1 heterocycles. The van der Waals surface area contributed by atoms with E-state index >= 15 is 0 Å². The van der Waals surface area contributed by atoms with E-state index in [1.54, 1.807) is 17.0 Å². The fourth-order valence-corrected chi connectivity index (χ4v) is 2.59. The maximum atomic E-state index is 12.1. The van der Waals surface area contributed by atoms with Crippen LogP contribution in [0.1, 0.15) is 36.5 Å². The smallest absolute Gasteiger partial charge is 0.335 e. The Kier molecular flexibility index (Phi) is 4.61. The van der Waals surface area contributed by atoms with Gasteiger partial charge in [-0.1, -0.05) is 19.4 Å². The first-order valence-corrected chi connectivity index (χ1v) is 6.99. The van der Waals surface area contributed by atoms with Crippen LogP contribution in [0.4, 0.5) is 10.5 Å². The fourth-order valence-electron chi connectivity index (χ4n) is 2.59. The number of aromatic carboxylic acids is 1. The molecule has 1 atom stereocenters. The summed E-state index contributed by atoms with van der Waals surface area (Å²) >= 11 is 0. The number of likely N-dealkylation sites (tertiary alicyclic amines) is 1. The van der Waals surface area contributed by atoms with Gasteiger partial charge in [-0.15, -0.1) is 0 Å². The summed E-state index contributed by atoms with van der Waals surface area (Å²) in [4.78, 5) is 24.8. The third-order valence-electron chi connectivity index (χ3n) is 3.63. The Morgan fingerprint density at radius 3 is 2.95 bits per heavy atom. The van der Waals surface area contributed by atoms with Crippen molar-refractivity contribution in [1.29, 1.82) is 0 Å². The summed E-state index contributed by atoms with van der Waals surface area (Å²) < 4.78 is 0. The van der Waals surface area contributed by atoms with Gasteiger partial charge in [0.1, 0.15) is 0 Å². The minimum absolute atomic E-state index is 0.147. The zero-order chi connectivity index (χ0) is 14.5. The molecule has 2 rings (SSSR count). The van der Waals surface area contributed by atoms with Crippen LogP contribution >= 0.6 is 0 Å². The van der Waals surface area contributed by atoms with E-state index in [0.29, 0.717) is 11.6 Å². The first-order chi connectivity index (χ1) is 9.60. The Balaban J connectivity index is 1.95. The number of carbonyl (C=O) groups excluding carboxylic acids is 1. The first kappa shape index (κ1) is 14.4. The highest BCUT2D eigenvalue weighted by molar-refractivity contribution is 5.93. The highest BCUT2D eigenvalue weighted by Gasteiger charge is 2.25. The molecule has 2 amide bonds. The number of rotatable bonds is 4. The molecule has 0 spiro atoms. The molecule has 0 saturated carbocycles. The van der Waals surface area contributed by atoms with Gasteiger partial charge in [-0.3, -0.25) is 0 Å². The van der Waals surface area contributed by atoms with E-state index in [9.17, 15) is 9.59 Å². The van der Waals surface area contributed by atoms with Gasteiger partial charge < -0.3 is 15.3 Å². The lowest BCUT2D eigenvalue weighted by Gasteiger charge is -2.17. The molecule has 20 heavy (non-hydrogen) atoms. The van der Waals surface area contributed by atoms with Gasteiger partial charge in [0.15, 0.2) is 0 Å². The summed E-state index contributed by atoms with van der Waals surface area (Å²) in [7, 11) is 0. The van der Waals surface area contributed by atoms with Gasteiger partial charge in [0, 0.05) is 18.8 Å². The standard InChI is InChI=1S/C15H20N2O3/c1-2-4-11-7-8-17(10-11)15(20)16-13-6-3-5-12(9-13)14(18)19/h3,5-6,9,11H,2,4,7-8,10H2,1H3,(H,16,20)(H,18,19). The van der Waals surface area contributed by atoms with Crippen LogP contribution in [0.2, 0.25) is 0 Å². The molecule has 0 bridgehead atoms. The molecule has 0 radical (unpaired) electrons. The number of carboxylic acid groups (broad SMARTS) is 1. The van der Waals surface area contributed by atoms with Gasteiger partial charge in [-0.25, -0.2) is 9.59 Å². The quantitative estimate of drug-likeness (QED) is 0.888. The molecule has 0 aromatic heterocycles. The maximum absolute atomic E-state index is 12.1. The molecule has 1 aliphatic heterocycles. The minimum Gasteiger partial charge on any atom is -0.478 e. The second-order valence-corrected chi connectivity index (χ2v) is 5.21. The average Bonchev–Trinajstić information content (AvgIpc) is 2.88. The molecule has 5 heteroatoms. The van der Waals surface area contributed by atoms with Crippen molar-refractivity contribution in [2.24, 2.45) is 5.92 Å². The maximum Gasteiger partial charge on any atom is 0.335 e. The Hall–Kier alpha value is -2.04. The van der Waals surface area contributed by atoms with E-state index in [4.69, 9.17) is 5.11 Å². The van der Waals surface area contributed by atoms with E-state index in [0.717, 1.165) is 32.4 Å². The zero-order valence-corrected chi connectivity index (χ0v) is 11.6. The van der Waals surface area contributed by atoms with Crippen molar-refractivity contribution in [1.82, 2.24) is 4.90 Å². The lowest BCUT2D eigenvalue weighted by Crippen LogP contribution is -2.33. The van der Waals surface area contributed by atoms with Crippen molar-refractivity contribution < 1.29 is 14.7 Å². The van der Waals surface area contributed by atoms with E-state index in [2.05, 4.69) is 12.2 Å². The van der Waals surface area contributed by atoms with E-state index in [-0.39, 0.29) is 11.6 Å². The van der Waals surface area contributed by atoms with Crippen molar-refractivity contribution in [3.63, 3.8) is 0 Å². The molecule has 1 fully saturated rings. The Morgan fingerprint density at radius 2 is 2.25 bits per heavy atom. The van der Waals surface area contributed by atoms with Crippen molar-refractivity contribution in [2.75, 3.05) is 18.4 Å². The predicted octanol–water partition coefficient (Wildman–Crippen LogP) is 3.04. The van der Waals surface area contributed by atoms with Gasteiger partial charge in [-0.2, -0.15) is 0 Å². The van der Waals surface area contributed by atoms with Crippen molar-refractivity contribution in [3.05, 3.63) is 29.8 Å². The van der Waals surface area contributed by atoms with Crippen molar-refractivity contribution >= 4 is 17.7 Å². The number of anilines is 1. The number of carbonyl (C=O) groups is 2. The summed E-state index contributed by atoms with van der Waals surface area (Å²) in [5, 5.41) is 11.7. The number of hydrogen-bond donors (Lipinski definition) is 2. The van der Waals surface area contributed by atoms with Crippen LogP contribution in [-0.4, -0.2) is 35.1 Å². The monoisotopic (exact) mass is 276 g/mol. The number of carboxylic acids is 1. The van der Waals surface area contributed by atoms with E-state index < -0.39 is 5.97 Å². The van der Waals surface area contributed by atoms with Gasteiger partial charge in [0.25, 0.3) is 0 Å². The van der Waals surface area contributed by atoms with Crippen molar-refractivity contribution in [3.8, 4) is 0 Å². The predicted molar refractivity (Wildman–Crippen MR) is 77.0 cm³/mol. The summed E-state index contributed by atoms with van der Waals surface area (Å²) in [5.41, 5.74) is 0.696. The van der Waals surface area contributed by atoms with Crippen LogP contribution < -0.4 is 5.32 Å². The van der Waals surface area contributed by atoms with Crippen molar-refractivity contribution in [2.45, 2.75) is 26.2 Å². The molecule has 2 N–H and O–H groups in total. The lowest BCUT2D eigenvalue weighted by atomic mass is 10.0. The van der Waals surface area contributed by atoms with Gasteiger partial charge >= 0.3 is 12.0 Å². The molecule has 1 aliphatic rings. The number of urea groups is 1. The van der Waals surface area contributed by atoms with Crippen LogP contribution in [0, 0.1) is 5.92 Å². The van der Waals surface area contributed by atoms with Gasteiger partial charge in [-0.05, 0) is 37.0 Å². The Morgan fingerprint density at radius 1 is 1.45 bits per heavy atom. The van der Waals surface area contributed by atoms with E-state index in [1.165, 1.54) is 12.1 Å². The molecule has 1 unspecified atom stereocenters. The number of hydrogen-bond acceptors (Lipinski definition) is 2. The summed E-state index contributed by atoms with van der Waals surface area (Å²) in [6.45, 7) is 3.72.